The fraction of sp³-hybridized carbons (Fsp3) is 0.667. The van der Waals surface area contributed by atoms with Gasteiger partial charge in [0.15, 0.2) is 0 Å². The van der Waals surface area contributed by atoms with Gasteiger partial charge in [-0.25, -0.2) is 4.39 Å². The SMILES string of the molecule is CC(F)(CC1CCCCN1)c1cscc1Br. The van der Waals surface area contributed by atoms with E-state index in [1.54, 1.807) is 18.3 Å². The number of hydrogen-bond acceptors (Lipinski definition) is 2. The Morgan fingerprint density at radius 1 is 1.56 bits per heavy atom. The summed E-state index contributed by atoms with van der Waals surface area (Å²) in [6.07, 6.45) is 4.11. The first-order valence-corrected chi connectivity index (χ1v) is 7.47. The van der Waals surface area contributed by atoms with Crippen molar-refractivity contribution in [2.75, 3.05) is 6.54 Å². The van der Waals surface area contributed by atoms with Gasteiger partial charge in [-0.15, -0.1) is 0 Å². The summed E-state index contributed by atoms with van der Waals surface area (Å²) in [7, 11) is 0. The van der Waals surface area contributed by atoms with Crippen molar-refractivity contribution in [2.24, 2.45) is 0 Å². The number of rotatable bonds is 3. The molecule has 1 aliphatic rings. The molecule has 90 valence electrons. The zero-order chi connectivity index (χ0) is 11.6. The monoisotopic (exact) mass is 305 g/mol. The highest BCUT2D eigenvalue weighted by Gasteiger charge is 2.32. The second-order valence-electron chi connectivity index (χ2n) is 4.68. The van der Waals surface area contributed by atoms with E-state index >= 15 is 0 Å². The molecule has 0 amide bonds. The second-order valence-corrected chi connectivity index (χ2v) is 6.28. The minimum atomic E-state index is -1.23. The van der Waals surface area contributed by atoms with Crippen molar-refractivity contribution in [3.8, 4) is 0 Å². The minimum absolute atomic E-state index is 0.329. The van der Waals surface area contributed by atoms with Gasteiger partial charge in [0.1, 0.15) is 5.67 Å². The van der Waals surface area contributed by atoms with Gasteiger partial charge in [-0.05, 0) is 47.6 Å². The maximum atomic E-state index is 14.6. The van der Waals surface area contributed by atoms with Crippen LogP contribution in [0.1, 0.15) is 38.2 Å². The van der Waals surface area contributed by atoms with E-state index in [1.165, 1.54) is 12.8 Å². The molecule has 4 heteroatoms. The number of halogens is 2. The zero-order valence-corrected chi connectivity index (χ0v) is 11.8. The van der Waals surface area contributed by atoms with Crippen molar-refractivity contribution in [1.82, 2.24) is 5.32 Å². The summed E-state index contributed by atoms with van der Waals surface area (Å²) in [4.78, 5) is 0. The smallest absolute Gasteiger partial charge is 0.136 e. The van der Waals surface area contributed by atoms with Gasteiger partial charge in [0.25, 0.3) is 0 Å². The van der Waals surface area contributed by atoms with Gasteiger partial charge in [-0.1, -0.05) is 6.42 Å². The molecule has 1 aliphatic heterocycles. The lowest BCUT2D eigenvalue weighted by Gasteiger charge is -2.30. The molecule has 1 saturated heterocycles. The summed E-state index contributed by atoms with van der Waals surface area (Å²) in [6.45, 7) is 2.72. The summed E-state index contributed by atoms with van der Waals surface area (Å²) < 4.78 is 15.5. The van der Waals surface area contributed by atoms with Crippen LogP contribution in [0.25, 0.3) is 0 Å². The van der Waals surface area contributed by atoms with Gasteiger partial charge in [0.05, 0.1) is 0 Å². The Morgan fingerprint density at radius 2 is 2.38 bits per heavy atom. The summed E-state index contributed by atoms with van der Waals surface area (Å²) in [5, 5.41) is 7.26. The van der Waals surface area contributed by atoms with Crippen LogP contribution in [0.3, 0.4) is 0 Å². The molecule has 2 unspecified atom stereocenters. The molecular weight excluding hydrogens is 289 g/mol. The number of thiophene rings is 1. The average molecular weight is 306 g/mol. The number of alkyl halides is 1. The van der Waals surface area contributed by atoms with Gasteiger partial charge in [-0.3, -0.25) is 0 Å². The quantitative estimate of drug-likeness (QED) is 0.881. The van der Waals surface area contributed by atoms with E-state index in [9.17, 15) is 4.39 Å². The van der Waals surface area contributed by atoms with Crippen molar-refractivity contribution < 1.29 is 4.39 Å². The first-order chi connectivity index (χ1) is 7.59. The molecular formula is C12H17BrFNS. The van der Waals surface area contributed by atoms with Gasteiger partial charge in [0, 0.05) is 27.9 Å². The molecule has 1 N–H and O–H groups in total. The maximum Gasteiger partial charge on any atom is 0.136 e. The lowest BCUT2D eigenvalue weighted by Crippen LogP contribution is -2.38. The van der Waals surface area contributed by atoms with Gasteiger partial charge >= 0.3 is 0 Å². The molecule has 2 atom stereocenters. The Kier molecular flexibility index (Phi) is 4.03. The molecule has 2 heterocycles. The van der Waals surface area contributed by atoms with Crippen LogP contribution in [0.5, 0.6) is 0 Å². The van der Waals surface area contributed by atoms with Crippen LogP contribution in [0.4, 0.5) is 4.39 Å². The van der Waals surface area contributed by atoms with Gasteiger partial charge in [0.2, 0.25) is 0 Å². The Balaban J connectivity index is 2.04. The number of piperidine rings is 1. The predicted molar refractivity (Wildman–Crippen MR) is 70.7 cm³/mol. The number of nitrogens with one attached hydrogen (secondary N) is 1. The van der Waals surface area contributed by atoms with E-state index in [0.717, 1.165) is 23.0 Å². The van der Waals surface area contributed by atoms with Gasteiger partial charge in [-0.2, -0.15) is 11.3 Å². The molecule has 2 rings (SSSR count). The molecule has 0 aromatic carbocycles. The molecule has 1 aromatic rings. The molecule has 16 heavy (non-hydrogen) atoms. The van der Waals surface area contributed by atoms with E-state index in [4.69, 9.17) is 0 Å². The first kappa shape index (κ1) is 12.5. The van der Waals surface area contributed by atoms with Crippen LogP contribution in [-0.4, -0.2) is 12.6 Å². The lowest BCUT2D eigenvalue weighted by atomic mass is 9.89. The Bertz CT molecular complexity index is 345. The standard InChI is InChI=1S/C12H17BrFNS/c1-12(14,10-7-16-8-11(10)13)6-9-4-2-3-5-15-9/h7-9,15H,2-6H2,1H3. The molecule has 0 bridgehead atoms. The highest BCUT2D eigenvalue weighted by molar-refractivity contribution is 9.10. The zero-order valence-electron chi connectivity index (χ0n) is 9.43. The fourth-order valence-corrected chi connectivity index (χ4v) is 4.15. The van der Waals surface area contributed by atoms with Crippen LogP contribution in [0.15, 0.2) is 15.2 Å². The van der Waals surface area contributed by atoms with Crippen molar-refractivity contribution in [3.63, 3.8) is 0 Å². The third-order valence-corrected chi connectivity index (χ3v) is 4.92. The van der Waals surface area contributed by atoms with Crippen molar-refractivity contribution in [1.29, 1.82) is 0 Å². The van der Waals surface area contributed by atoms with Crippen LogP contribution in [-0.2, 0) is 5.67 Å². The number of hydrogen-bond donors (Lipinski definition) is 1. The Labute approximate surface area is 109 Å². The molecule has 1 aromatic heterocycles. The summed E-state index contributed by atoms with van der Waals surface area (Å²) >= 11 is 4.96. The van der Waals surface area contributed by atoms with Crippen molar-refractivity contribution in [2.45, 2.75) is 44.3 Å². The van der Waals surface area contributed by atoms with Crippen LogP contribution in [0.2, 0.25) is 0 Å². The predicted octanol–water partition coefficient (Wildman–Crippen LogP) is 4.23. The summed E-state index contributed by atoms with van der Waals surface area (Å²) in [6, 6.07) is 0.329. The largest absolute Gasteiger partial charge is 0.314 e. The third-order valence-electron chi connectivity index (χ3n) is 3.22. The van der Waals surface area contributed by atoms with Crippen molar-refractivity contribution in [3.05, 3.63) is 20.8 Å². The summed E-state index contributed by atoms with van der Waals surface area (Å²) in [5.74, 6) is 0. The molecule has 0 radical (unpaired) electrons. The molecule has 0 aliphatic carbocycles. The molecule has 0 saturated carbocycles. The van der Waals surface area contributed by atoms with E-state index in [2.05, 4.69) is 21.2 Å². The fourth-order valence-electron chi connectivity index (χ4n) is 2.32. The second kappa shape index (κ2) is 5.15. The minimum Gasteiger partial charge on any atom is -0.314 e. The van der Waals surface area contributed by atoms with Crippen LogP contribution >= 0.6 is 27.3 Å². The highest BCUT2D eigenvalue weighted by Crippen LogP contribution is 2.38. The van der Waals surface area contributed by atoms with E-state index in [0.29, 0.717) is 12.5 Å². The maximum absolute atomic E-state index is 14.6. The topological polar surface area (TPSA) is 12.0 Å². The van der Waals surface area contributed by atoms with Crippen LogP contribution < -0.4 is 5.32 Å². The van der Waals surface area contributed by atoms with Crippen LogP contribution in [0, 0.1) is 0 Å². The van der Waals surface area contributed by atoms with Gasteiger partial charge < -0.3 is 5.32 Å². The molecule has 0 spiro atoms. The third kappa shape index (κ3) is 2.84. The normalized spacial score (nSPS) is 25.3. The van der Waals surface area contributed by atoms with E-state index in [-0.39, 0.29) is 0 Å². The average Bonchev–Trinajstić information content (AvgIpc) is 2.66. The lowest BCUT2D eigenvalue weighted by molar-refractivity contribution is 0.146. The molecule has 1 fully saturated rings. The Morgan fingerprint density at radius 3 is 2.94 bits per heavy atom. The molecule has 1 nitrogen and oxygen atoms in total. The Hall–Kier alpha value is 0.0700. The van der Waals surface area contributed by atoms with E-state index in [1.807, 2.05) is 10.8 Å². The van der Waals surface area contributed by atoms with Crippen molar-refractivity contribution >= 4 is 27.3 Å². The highest BCUT2D eigenvalue weighted by atomic mass is 79.9. The summed E-state index contributed by atoms with van der Waals surface area (Å²) in [5.41, 5.74) is -0.432. The first-order valence-electron chi connectivity index (χ1n) is 5.74. The van der Waals surface area contributed by atoms with E-state index < -0.39 is 5.67 Å².